The summed E-state index contributed by atoms with van der Waals surface area (Å²) in [5, 5.41) is 9.07. The van der Waals surface area contributed by atoms with E-state index in [-0.39, 0.29) is 6.42 Å². The Morgan fingerprint density at radius 1 is 1.33 bits per heavy atom. The molecule has 2 rings (SSSR count). The van der Waals surface area contributed by atoms with Crippen LogP contribution in [0.5, 0.6) is 0 Å². The van der Waals surface area contributed by atoms with E-state index >= 15 is 0 Å². The number of carbonyl (C=O) groups excluding carboxylic acids is 1. The van der Waals surface area contributed by atoms with Crippen molar-refractivity contribution in [3.05, 3.63) is 35.4 Å². The molecule has 4 nitrogen and oxygen atoms in total. The number of esters is 1. The van der Waals surface area contributed by atoms with Crippen LogP contribution in [-0.2, 0) is 14.3 Å². The lowest BCUT2D eigenvalue weighted by atomic mass is 9.93. The number of hydrogen-bond donors (Lipinski definition) is 1. The van der Waals surface area contributed by atoms with Gasteiger partial charge in [0, 0.05) is 0 Å². The Morgan fingerprint density at radius 2 is 1.94 bits per heavy atom. The first-order valence-electron chi connectivity index (χ1n) is 6.01. The van der Waals surface area contributed by atoms with E-state index in [0.29, 0.717) is 5.92 Å². The molecule has 1 aromatic rings. The van der Waals surface area contributed by atoms with Gasteiger partial charge in [0.2, 0.25) is 0 Å². The summed E-state index contributed by atoms with van der Waals surface area (Å²) in [6.45, 7) is 4.18. The zero-order chi connectivity index (χ0) is 13.3. The fourth-order valence-corrected chi connectivity index (χ4v) is 2.15. The number of rotatable bonds is 3. The maximum absolute atomic E-state index is 11.2. The van der Waals surface area contributed by atoms with Crippen molar-refractivity contribution in [3.63, 3.8) is 0 Å². The smallest absolute Gasteiger partial charge is 0.311 e. The van der Waals surface area contributed by atoms with Gasteiger partial charge in [-0.1, -0.05) is 38.1 Å². The normalized spacial score (nSPS) is 23.2. The highest BCUT2D eigenvalue weighted by Crippen LogP contribution is 2.35. The highest BCUT2D eigenvalue weighted by molar-refractivity contribution is 5.82. The molecule has 1 aromatic carbocycles. The predicted molar refractivity (Wildman–Crippen MR) is 65.1 cm³/mol. The lowest BCUT2D eigenvalue weighted by Crippen LogP contribution is -2.17. The number of hydrogen-bond acceptors (Lipinski definition) is 3. The number of carbonyl (C=O) groups is 2. The van der Waals surface area contributed by atoms with Crippen molar-refractivity contribution in [3.8, 4) is 0 Å². The van der Waals surface area contributed by atoms with Crippen LogP contribution in [0.25, 0.3) is 0 Å². The molecule has 1 N–H and O–H groups in total. The largest absolute Gasteiger partial charge is 0.481 e. The van der Waals surface area contributed by atoms with Gasteiger partial charge in [0.15, 0.2) is 0 Å². The van der Waals surface area contributed by atoms with Gasteiger partial charge in [-0.05, 0) is 17.0 Å². The van der Waals surface area contributed by atoms with E-state index < -0.39 is 24.0 Å². The molecule has 4 heteroatoms. The van der Waals surface area contributed by atoms with Gasteiger partial charge in [0.25, 0.3) is 0 Å². The highest BCUT2D eigenvalue weighted by Gasteiger charge is 2.40. The Morgan fingerprint density at radius 3 is 2.44 bits per heavy atom. The van der Waals surface area contributed by atoms with Crippen LogP contribution in [0.2, 0.25) is 0 Å². The predicted octanol–water partition coefficient (Wildman–Crippen LogP) is 2.50. The summed E-state index contributed by atoms with van der Waals surface area (Å²) >= 11 is 0. The topological polar surface area (TPSA) is 63.6 Å². The Hall–Kier alpha value is -1.84. The second kappa shape index (κ2) is 4.80. The van der Waals surface area contributed by atoms with Gasteiger partial charge in [-0.3, -0.25) is 9.59 Å². The zero-order valence-corrected chi connectivity index (χ0v) is 10.4. The van der Waals surface area contributed by atoms with Crippen LogP contribution in [0.4, 0.5) is 0 Å². The molecule has 2 atom stereocenters. The summed E-state index contributed by atoms with van der Waals surface area (Å²) < 4.78 is 5.10. The number of ether oxygens (including phenoxy) is 1. The molecule has 0 saturated carbocycles. The molecular weight excluding hydrogens is 232 g/mol. The molecule has 0 spiro atoms. The van der Waals surface area contributed by atoms with Crippen molar-refractivity contribution in [1.82, 2.24) is 0 Å². The molecule has 1 fully saturated rings. The van der Waals surface area contributed by atoms with Crippen LogP contribution < -0.4 is 0 Å². The van der Waals surface area contributed by atoms with E-state index in [1.165, 1.54) is 5.56 Å². The van der Waals surface area contributed by atoms with Crippen LogP contribution in [0.15, 0.2) is 24.3 Å². The van der Waals surface area contributed by atoms with Crippen molar-refractivity contribution >= 4 is 11.9 Å². The molecule has 0 aliphatic carbocycles. The van der Waals surface area contributed by atoms with Gasteiger partial charge < -0.3 is 9.84 Å². The SMILES string of the molecule is CC(C)c1ccc([C@H]2OC(=O)C[C@@H]2C(=O)O)cc1. The molecule has 1 aliphatic rings. The minimum atomic E-state index is -0.987. The Kier molecular flexibility index (Phi) is 3.36. The van der Waals surface area contributed by atoms with E-state index in [0.717, 1.165) is 5.56 Å². The summed E-state index contributed by atoms with van der Waals surface area (Å²) in [5.41, 5.74) is 1.92. The van der Waals surface area contributed by atoms with Gasteiger partial charge in [0.05, 0.1) is 6.42 Å². The molecule has 0 bridgehead atoms. The number of carboxylic acid groups (broad SMARTS) is 1. The first kappa shape index (κ1) is 12.6. The first-order valence-corrected chi connectivity index (χ1v) is 6.01. The average molecular weight is 248 g/mol. The molecule has 0 unspecified atom stereocenters. The third kappa shape index (κ3) is 2.37. The fourth-order valence-electron chi connectivity index (χ4n) is 2.15. The number of aliphatic carboxylic acids is 1. The highest BCUT2D eigenvalue weighted by atomic mass is 16.6. The summed E-state index contributed by atoms with van der Waals surface area (Å²) in [6.07, 6.45) is -0.706. The Bertz CT molecular complexity index is 461. The van der Waals surface area contributed by atoms with Crippen LogP contribution in [-0.4, -0.2) is 17.0 Å². The average Bonchev–Trinajstić information content (AvgIpc) is 2.71. The molecule has 96 valence electrons. The summed E-state index contributed by atoms with van der Waals surface area (Å²) in [6, 6.07) is 7.58. The third-order valence-electron chi connectivity index (χ3n) is 3.26. The quantitative estimate of drug-likeness (QED) is 0.835. The molecule has 0 radical (unpaired) electrons. The number of carboxylic acids is 1. The van der Waals surface area contributed by atoms with Crippen molar-refractivity contribution in [1.29, 1.82) is 0 Å². The van der Waals surface area contributed by atoms with Crippen LogP contribution >= 0.6 is 0 Å². The van der Waals surface area contributed by atoms with Gasteiger partial charge in [-0.25, -0.2) is 0 Å². The van der Waals surface area contributed by atoms with Crippen LogP contribution in [0.1, 0.15) is 43.4 Å². The number of cyclic esters (lactones) is 1. The van der Waals surface area contributed by atoms with Gasteiger partial charge in [-0.2, -0.15) is 0 Å². The van der Waals surface area contributed by atoms with E-state index in [1.54, 1.807) is 0 Å². The maximum atomic E-state index is 11.2. The van der Waals surface area contributed by atoms with Crippen molar-refractivity contribution in [2.45, 2.75) is 32.3 Å². The molecule has 0 amide bonds. The zero-order valence-electron chi connectivity index (χ0n) is 10.4. The molecule has 1 saturated heterocycles. The van der Waals surface area contributed by atoms with Gasteiger partial charge in [-0.15, -0.1) is 0 Å². The molecule has 18 heavy (non-hydrogen) atoms. The molecule has 1 heterocycles. The minimum absolute atomic E-state index is 0.0497. The van der Waals surface area contributed by atoms with Crippen LogP contribution in [0, 0.1) is 5.92 Å². The standard InChI is InChI=1S/C14H16O4/c1-8(2)9-3-5-10(6-4-9)13-11(14(16)17)7-12(15)18-13/h3-6,8,11,13H,7H2,1-2H3,(H,16,17)/t11-,13+/m0/s1. The Balaban J connectivity index is 2.24. The molecule has 1 aliphatic heterocycles. The number of benzene rings is 1. The monoisotopic (exact) mass is 248 g/mol. The van der Waals surface area contributed by atoms with Crippen LogP contribution in [0.3, 0.4) is 0 Å². The second-order valence-electron chi connectivity index (χ2n) is 4.88. The molecular formula is C14H16O4. The first-order chi connectivity index (χ1) is 8.49. The van der Waals surface area contributed by atoms with Gasteiger partial charge >= 0.3 is 11.9 Å². The van der Waals surface area contributed by atoms with E-state index in [2.05, 4.69) is 13.8 Å². The lowest BCUT2D eigenvalue weighted by Gasteiger charge is -2.15. The van der Waals surface area contributed by atoms with E-state index in [9.17, 15) is 9.59 Å². The Labute approximate surface area is 106 Å². The minimum Gasteiger partial charge on any atom is -0.481 e. The lowest BCUT2D eigenvalue weighted by molar-refractivity contribution is -0.144. The van der Waals surface area contributed by atoms with Crippen molar-refractivity contribution in [2.24, 2.45) is 5.92 Å². The fraction of sp³-hybridized carbons (Fsp3) is 0.429. The van der Waals surface area contributed by atoms with Crippen molar-refractivity contribution in [2.75, 3.05) is 0 Å². The van der Waals surface area contributed by atoms with Gasteiger partial charge in [0.1, 0.15) is 12.0 Å². The summed E-state index contributed by atoms with van der Waals surface area (Å²) in [5.74, 6) is -1.79. The van der Waals surface area contributed by atoms with E-state index in [1.807, 2.05) is 24.3 Å². The maximum Gasteiger partial charge on any atom is 0.311 e. The third-order valence-corrected chi connectivity index (χ3v) is 3.26. The van der Waals surface area contributed by atoms with Crippen molar-refractivity contribution < 1.29 is 19.4 Å². The summed E-state index contributed by atoms with van der Waals surface area (Å²) in [4.78, 5) is 22.3. The molecule has 0 aromatic heterocycles. The second-order valence-corrected chi connectivity index (χ2v) is 4.88. The summed E-state index contributed by atoms with van der Waals surface area (Å²) in [7, 11) is 0. The van der Waals surface area contributed by atoms with E-state index in [4.69, 9.17) is 9.84 Å².